The third kappa shape index (κ3) is 4.67. The van der Waals surface area contributed by atoms with Crippen molar-refractivity contribution in [1.82, 2.24) is 14.8 Å². The van der Waals surface area contributed by atoms with E-state index in [4.69, 9.17) is 0 Å². The summed E-state index contributed by atoms with van der Waals surface area (Å²) >= 11 is 5.64. The third-order valence-corrected chi connectivity index (χ3v) is 6.32. The van der Waals surface area contributed by atoms with Crippen molar-refractivity contribution in [2.45, 2.75) is 68.2 Å². The van der Waals surface area contributed by atoms with Gasteiger partial charge in [0.05, 0.1) is 10.4 Å². The number of hydrogen-bond acceptors (Lipinski definition) is 5. The van der Waals surface area contributed by atoms with Crippen LogP contribution in [-0.4, -0.2) is 51.9 Å². The third-order valence-electron chi connectivity index (χ3n) is 5.21. The molecule has 0 radical (unpaired) electrons. The Hall–Kier alpha value is -1.28. The van der Waals surface area contributed by atoms with Crippen LogP contribution in [0.25, 0.3) is 0 Å². The van der Waals surface area contributed by atoms with E-state index in [9.17, 15) is 9.59 Å². The van der Waals surface area contributed by atoms with E-state index in [0.29, 0.717) is 5.13 Å². The molecule has 0 aromatic carbocycles. The first-order valence-electron chi connectivity index (χ1n) is 9.04. The molecule has 1 aliphatic carbocycles. The average Bonchev–Trinajstić information content (AvgIpc) is 3.01. The van der Waals surface area contributed by atoms with Crippen LogP contribution in [0.3, 0.4) is 0 Å². The molecule has 0 bridgehead atoms. The first-order chi connectivity index (χ1) is 12.0. The molecule has 1 aliphatic heterocycles. The van der Waals surface area contributed by atoms with E-state index in [1.807, 2.05) is 4.90 Å². The summed E-state index contributed by atoms with van der Waals surface area (Å²) in [7, 11) is 0. The Kier molecular flexibility index (Phi) is 6.22. The van der Waals surface area contributed by atoms with Gasteiger partial charge in [-0.15, -0.1) is 12.6 Å². The number of nitrogens with one attached hydrogen (secondary N) is 1. The van der Waals surface area contributed by atoms with E-state index < -0.39 is 0 Å². The molecular weight excluding hydrogens is 356 g/mol. The summed E-state index contributed by atoms with van der Waals surface area (Å²) in [5.74, 6) is 0.121. The van der Waals surface area contributed by atoms with Crippen molar-refractivity contribution in [1.29, 1.82) is 0 Å². The summed E-state index contributed by atoms with van der Waals surface area (Å²) in [6.07, 6.45) is 9.09. The van der Waals surface area contributed by atoms with E-state index >= 15 is 0 Å². The van der Waals surface area contributed by atoms with Gasteiger partial charge in [-0.25, -0.2) is 9.78 Å². The molecule has 8 heteroatoms. The van der Waals surface area contributed by atoms with Crippen LogP contribution in [0, 0.1) is 0 Å². The van der Waals surface area contributed by atoms with Gasteiger partial charge in [-0.3, -0.25) is 10.1 Å². The number of urea groups is 1. The summed E-state index contributed by atoms with van der Waals surface area (Å²) in [4.78, 5) is 32.7. The van der Waals surface area contributed by atoms with Crippen molar-refractivity contribution >= 4 is 41.0 Å². The van der Waals surface area contributed by atoms with Crippen LogP contribution in [0.2, 0.25) is 0 Å². The van der Waals surface area contributed by atoms with Crippen LogP contribution in [-0.2, 0) is 4.79 Å². The van der Waals surface area contributed by atoms with Crippen LogP contribution in [0.5, 0.6) is 0 Å². The van der Waals surface area contributed by atoms with Crippen LogP contribution in [0.1, 0.15) is 51.9 Å². The number of nitrogens with zero attached hydrogens (tertiary/aromatic N) is 3. The number of aromatic nitrogens is 1. The number of likely N-dealkylation sites (tertiary alicyclic amines) is 1. The van der Waals surface area contributed by atoms with Gasteiger partial charge in [-0.05, 0) is 25.7 Å². The molecule has 1 aromatic heterocycles. The highest BCUT2D eigenvalue weighted by molar-refractivity contribution is 7.83. The number of piperidine rings is 1. The number of anilines is 1. The predicted octanol–water partition coefficient (Wildman–Crippen LogP) is 3.61. The molecule has 0 unspecified atom stereocenters. The molecule has 25 heavy (non-hydrogen) atoms. The normalized spacial score (nSPS) is 19.7. The summed E-state index contributed by atoms with van der Waals surface area (Å²) in [5.41, 5.74) is 0. The summed E-state index contributed by atoms with van der Waals surface area (Å²) < 4.78 is 0.786. The maximum Gasteiger partial charge on any atom is 0.324 e. The zero-order valence-corrected chi connectivity index (χ0v) is 16.3. The molecule has 138 valence electrons. The smallest absolute Gasteiger partial charge is 0.324 e. The van der Waals surface area contributed by atoms with Crippen molar-refractivity contribution in [3.8, 4) is 0 Å². The molecule has 0 atom stereocenters. The van der Waals surface area contributed by atoms with Gasteiger partial charge in [-0.2, -0.15) is 0 Å². The Morgan fingerprint density at radius 3 is 2.40 bits per heavy atom. The molecule has 2 fully saturated rings. The highest BCUT2D eigenvalue weighted by atomic mass is 32.2. The predicted molar refractivity (Wildman–Crippen MR) is 102 cm³/mol. The van der Waals surface area contributed by atoms with Crippen LogP contribution < -0.4 is 5.32 Å². The maximum absolute atomic E-state index is 13.0. The first-order valence-corrected chi connectivity index (χ1v) is 10.3. The summed E-state index contributed by atoms with van der Waals surface area (Å²) in [6.45, 7) is 3.08. The van der Waals surface area contributed by atoms with Crippen molar-refractivity contribution in [3.63, 3.8) is 0 Å². The van der Waals surface area contributed by atoms with E-state index in [-0.39, 0.29) is 24.0 Å². The number of amides is 3. The van der Waals surface area contributed by atoms with Crippen LogP contribution in [0.15, 0.2) is 10.4 Å². The van der Waals surface area contributed by atoms with Crippen LogP contribution >= 0.6 is 24.0 Å². The van der Waals surface area contributed by atoms with Crippen LogP contribution in [0.4, 0.5) is 9.93 Å². The second kappa shape index (κ2) is 8.40. The molecule has 2 aliphatic rings. The lowest BCUT2D eigenvalue weighted by atomic mass is 9.91. The number of carbonyl (C=O) groups excluding carboxylic acids is 2. The second-order valence-corrected chi connectivity index (χ2v) is 8.69. The molecule has 3 rings (SSSR count). The average molecular weight is 383 g/mol. The highest BCUT2D eigenvalue weighted by Crippen LogP contribution is 2.29. The van der Waals surface area contributed by atoms with Crippen molar-refractivity contribution in [3.05, 3.63) is 6.20 Å². The topological polar surface area (TPSA) is 65.5 Å². The molecule has 2 heterocycles. The number of carbonyl (C=O) groups is 2. The lowest BCUT2D eigenvalue weighted by molar-refractivity contribution is -0.130. The van der Waals surface area contributed by atoms with Gasteiger partial charge in [0.1, 0.15) is 0 Å². The number of rotatable bonds is 3. The zero-order valence-electron chi connectivity index (χ0n) is 14.6. The van der Waals surface area contributed by atoms with Gasteiger partial charge < -0.3 is 9.80 Å². The fourth-order valence-corrected chi connectivity index (χ4v) is 4.79. The minimum absolute atomic E-state index is 0.0594. The highest BCUT2D eigenvalue weighted by Gasteiger charge is 2.34. The van der Waals surface area contributed by atoms with Gasteiger partial charge in [0.15, 0.2) is 5.13 Å². The Morgan fingerprint density at radius 2 is 1.84 bits per heavy atom. The lowest BCUT2D eigenvalue weighted by Gasteiger charge is -2.43. The molecule has 3 amide bonds. The van der Waals surface area contributed by atoms with Gasteiger partial charge in [-0.1, -0.05) is 30.6 Å². The Bertz CT molecular complexity index is 608. The van der Waals surface area contributed by atoms with Crippen molar-refractivity contribution in [2.75, 3.05) is 18.4 Å². The molecule has 1 N–H and O–H groups in total. The largest absolute Gasteiger partial charge is 0.343 e. The van der Waals surface area contributed by atoms with Crippen molar-refractivity contribution in [2.24, 2.45) is 0 Å². The maximum atomic E-state index is 13.0. The number of thiol groups is 1. The molecule has 1 saturated heterocycles. The monoisotopic (exact) mass is 382 g/mol. The Labute approximate surface area is 158 Å². The van der Waals surface area contributed by atoms with Gasteiger partial charge in [0, 0.05) is 32.1 Å². The SMILES string of the molecule is CC(=O)N1CCC(N(C(=O)Nc2ncc(S)s2)C2CCCCC2)CC1. The fraction of sp³-hybridized carbons (Fsp3) is 0.706. The van der Waals surface area contributed by atoms with E-state index in [1.165, 1.54) is 30.6 Å². The zero-order chi connectivity index (χ0) is 17.8. The molecule has 0 spiro atoms. The number of hydrogen-bond donors (Lipinski definition) is 2. The van der Waals surface area contributed by atoms with E-state index in [0.717, 1.165) is 43.0 Å². The van der Waals surface area contributed by atoms with Gasteiger partial charge in [0.2, 0.25) is 5.91 Å². The number of thiazole rings is 1. The quantitative estimate of drug-likeness (QED) is 0.785. The fourth-order valence-electron chi connectivity index (χ4n) is 3.93. The molecular formula is C17H26N4O2S2. The Morgan fingerprint density at radius 1 is 1.20 bits per heavy atom. The standard InChI is InChI=1S/C17H26N4O2S2/c1-12(22)20-9-7-14(8-10-20)21(13-5-3-2-4-6-13)17(23)19-16-18-11-15(24)25-16/h11,13-14,24H,2-10H2,1H3,(H,18,19,23). The molecule has 1 saturated carbocycles. The lowest BCUT2D eigenvalue weighted by Crippen LogP contribution is -2.54. The van der Waals surface area contributed by atoms with E-state index in [1.54, 1.807) is 13.1 Å². The van der Waals surface area contributed by atoms with E-state index in [2.05, 4.69) is 27.8 Å². The summed E-state index contributed by atoms with van der Waals surface area (Å²) in [5, 5.41) is 3.55. The summed E-state index contributed by atoms with van der Waals surface area (Å²) in [6, 6.07) is 0.419. The van der Waals surface area contributed by atoms with Gasteiger partial charge in [0.25, 0.3) is 0 Å². The molecule has 1 aromatic rings. The minimum Gasteiger partial charge on any atom is -0.343 e. The Balaban J connectivity index is 1.70. The first kappa shape index (κ1) is 18.5. The van der Waals surface area contributed by atoms with Gasteiger partial charge >= 0.3 is 6.03 Å². The minimum atomic E-state index is -0.0594. The molecule has 6 nitrogen and oxygen atoms in total. The van der Waals surface area contributed by atoms with Crippen molar-refractivity contribution < 1.29 is 9.59 Å². The second-order valence-electron chi connectivity index (χ2n) is 6.87.